The highest BCUT2D eigenvalue weighted by Gasteiger charge is 2.35. The lowest BCUT2D eigenvalue weighted by Gasteiger charge is -2.42. The molecule has 1 aliphatic rings. The van der Waals surface area contributed by atoms with Gasteiger partial charge in [0.1, 0.15) is 5.75 Å². The van der Waals surface area contributed by atoms with E-state index in [-0.39, 0.29) is 0 Å². The molecule has 1 amide bonds. The number of ether oxygens (including phenoxy) is 1. The number of carboxylic acid groups (broad SMARTS) is 1. The number of rotatable bonds is 8. The lowest BCUT2D eigenvalue weighted by atomic mass is 10.1. The van der Waals surface area contributed by atoms with E-state index < -0.39 is 11.8 Å². The van der Waals surface area contributed by atoms with Crippen LogP contribution in [-0.4, -0.2) is 72.3 Å². The van der Waals surface area contributed by atoms with Crippen molar-refractivity contribution < 1.29 is 19.4 Å². The van der Waals surface area contributed by atoms with Crippen molar-refractivity contribution in [2.45, 2.75) is 19.0 Å². The van der Waals surface area contributed by atoms with E-state index in [9.17, 15) is 9.59 Å². The number of hydrogen-bond acceptors (Lipinski definition) is 5. The summed E-state index contributed by atoms with van der Waals surface area (Å²) in [6.07, 6.45) is 0.374. The van der Waals surface area contributed by atoms with Gasteiger partial charge >= 0.3 is 6.09 Å². The van der Waals surface area contributed by atoms with E-state index in [0.717, 1.165) is 36.3 Å². The van der Waals surface area contributed by atoms with Gasteiger partial charge in [0.2, 0.25) is 0 Å². The molecule has 7 nitrogen and oxygen atoms in total. The Labute approximate surface area is 156 Å². The lowest BCUT2D eigenvalue weighted by molar-refractivity contribution is -0.120. The number of carbonyl (C=O) groups is 2. The van der Waals surface area contributed by atoms with E-state index >= 15 is 0 Å². The van der Waals surface area contributed by atoms with Gasteiger partial charge in [-0.05, 0) is 37.6 Å². The molecule has 0 aromatic heterocycles. The van der Waals surface area contributed by atoms with Crippen LogP contribution in [0.1, 0.15) is 13.3 Å². The summed E-state index contributed by atoms with van der Waals surface area (Å²) >= 11 is 3.39. The molecule has 1 heterocycles. The standard InChI is InChI=1S/C17H24BrN3O4/c1-17(13-22,19-16(23)24)21-10-8-20(9-11-21)7-2-12-25-15-5-3-14(18)4-6-15/h3-6,13,19H,2,7-12H2,1H3,(H,23,24). The molecular weight excluding hydrogens is 390 g/mol. The highest BCUT2D eigenvalue weighted by molar-refractivity contribution is 9.10. The number of amides is 1. The third-order valence-electron chi connectivity index (χ3n) is 4.32. The number of nitrogens with zero attached hydrogens (tertiary/aromatic N) is 2. The first-order valence-electron chi connectivity index (χ1n) is 8.26. The van der Waals surface area contributed by atoms with Crippen molar-refractivity contribution in [2.24, 2.45) is 0 Å². The van der Waals surface area contributed by atoms with Gasteiger partial charge in [-0.1, -0.05) is 15.9 Å². The Kier molecular flexibility index (Phi) is 7.22. The molecule has 1 unspecified atom stereocenters. The minimum Gasteiger partial charge on any atom is -0.494 e. The van der Waals surface area contributed by atoms with E-state index in [4.69, 9.17) is 9.84 Å². The summed E-state index contributed by atoms with van der Waals surface area (Å²) < 4.78 is 6.73. The van der Waals surface area contributed by atoms with Gasteiger partial charge in [0.05, 0.1) is 6.61 Å². The van der Waals surface area contributed by atoms with Crippen LogP contribution in [0.5, 0.6) is 5.75 Å². The van der Waals surface area contributed by atoms with Gasteiger partial charge in [0.15, 0.2) is 11.9 Å². The predicted molar refractivity (Wildman–Crippen MR) is 97.9 cm³/mol. The number of benzene rings is 1. The maximum atomic E-state index is 11.3. The summed E-state index contributed by atoms with van der Waals surface area (Å²) in [7, 11) is 0. The van der Waals surface area contributed by atoms with Gasteiger partial charge in [-0.15, -0.1) is 0 Å². The molecule has 0 saturated carbocycles. The summed E-state index contributed by atoms with van der Waals surface area (Å²) in [6.45, 7) is 6.02. The zero-order valence-electron chi connectivity index (χ0n) is 14.3. The Bertz CT molecular complexity index is 576. The Morgan fingerprint density at radius 3 is 2.52 bits per heavy atom. The van der Waals surface area contributed by atoms with Gasteiger partial charge in [-0.25, -0.2) is 4.79 Å². The number of nitrogens with one attached hydrogen (secondary N) is 1. The Morgan fingerprint density at radius 2 is 1.96 bits per heavy atom. The minimum atomic E-state index is -1.19. The SMILES string of the molecule is CC(C=O)(NC(=O)O)N1CCN(CCCOc2ccc(Br)cc2)CC1. The first kappa shape index (κ1) is 19.7. The van der Waals surface area contributed by atoms with Gasteiger partial charge < -0.3 is 14.7 Å². The fraction of sp³-hybridized carbons (Fsp3) is 0.529. The van der Waals surface area contributed by atoms with Crippen LogP contribution in [0, 0.1) is 0 Å². The van der Waals surface area contributed by atoms with Crippen molar-refractivity contribution in [3.8, 4) is 5.75 Å². The molecule has 1 saturated heterocycles. The fourth-order valence-electron chi connectivity index (χ4n) is 2.84. The normalized spacial score (nSPS) is 18.3. The average Bonchev–Trinajstić information content (AvgIpc) is 2.60. The average molecular weight is 414 g/mol. The maximum absolute atomic E-state index is 11.3. The molecule has 2 N–H and O–H groups in total. The number of halogens is 1. The van der Waals surface area contributed by atoms with E-state index in [1.165, 1.54) is 0 Å². The van der Waals surface area contributed by atoms with Crippen molar-refractivity contribution >= 4 is 28.3 Å². The Balaban J connectivity index is 1.69. The molecule has 138 valence electrons. The first-order valence-corrected chi connectivity index (χ1v) is 9.05. The number of hydrogen-bond donors (Lipinski definition) is 2. The number of aldehydes is 1. The van der Waals surface area contributed by atoms with Crippen LogP contribution < -0.4 is 10.1 Å². The van der Waals surface area contributed by atoms with Crippen molar-refractivity contribution in [1.82, 2.24) is 15.1 Å². The molecule has 0 bridgehead atoms. The Morgan fingerprint density at radius 1 is 1.32 bits per heavy atom. The largest absolute Gasteiger partial charge is 0.494 e. The second-order valence-electron chi connectivity index (χ2n) is 6.18. The molecule has 0 radical (unpaired) electrons. The zero-order valence-corrected chi connectivity index (χ0v) is 15.9. The quantitative estimate of drug-likeness (QED) is 0.501. The molecule has 1 fully saturated rings. The minimum absolute atomic E-state index is 0.642. The summed E-state index contributed by atoms with van der Waals surface area (Å²) in [6, 6.07) is 7.75. The summed E-state index contributed by atoms with van der Waals surface area (Å²) in [5.41, 5.74) is -1.16. The van der Waals surface area contributed by atoms with E-state index in [0.29, 0.717) is 26.0 Å². The molecule has 2 rings (SSSR count). The number of piperazine rings is 1. The van der Waals surface area contributed by atoms with Gasteiger partial charge in [-0.2, -0.15) is 0 Å². The number of carbonyl (C=O) groups excluding carboxylic acids is 1. The summed E-state index contributed by atoms with van der Waals surface area (Å²) in [5, 5.41) is 11.2. The highest BCUT2D eigenvalue weighted by Crippen LogP contribution is 2.16. The third-order valence-corrected chi connectivity index (χ3v) is 4.85. The molecule has 0 aliphatic carbocycles. The molecule has 25 heavy (non-hydrogen) atoms. The van der Waals surface area contributed by atoms with Crippen LogP contribution in [0.2, 0.25) is 0 Å². The van der Waals surface area contributed by atoms with Crippen LogP contribution in [0.4, 0.5) is 4.79 Å². The smallest absolute Gasteiger partial charge is 0.406 e. The molecule has 8 heteroatoms. The maximum Gasteiger partial charge on any atom is 0.406 e. The van der Waals surface area contributed by atoms with Crippen LogP contribution in [0.15, 0.2) is 28.7 Å². The molecule has 1 atom stereocenters. The molecule has 1 aliphatic heterocycles. The van der Waals surface area contributed by atoms with E-state index in [2.05, 4.69) is 26.1 Å². The molecule has 0 spiro atoms. The molecule has 1 aromatic rings. The third kappa shape index (κ3) is 5.98. The van der Waals surface area contributed by atoms with E-state index in [1.807, 2.05) is 29.2 Å². The second-order valence-corrected chi connectivity index (χ2v) is 7.10. The summed E-state index contributed by atoms with van der Waals surface area (Å²) in [4.78, 5) is 26.3. The zero-order chi connectivity index (χ0) is 18.3. The van der Waals surface area contributed by atoms with Crippen LogP contribution in [-0.2, 0) is 4.79 Å². The van der Waals surface area contributed by atoms with Crippen molar-refractivity contribution in [2.75, 3.05) is 39.3 Å². The van der Waals surface area contributed by atoms with Crippen molar-refractivity contribution in [3.63, 3.8) is 0 Å². The first-order chi connectivity index (χ1) is 11.9. The predicted octanol–water partition coefficient (Wildman–Crippen LogP) is 2.02. The van der Waals surface area contributed by atoms with Crippen molar-refractivity contribution in [1.29, 1.82) is 0 Å². The highest BCUT2D eigenvalue weighted by atomic mass is 79.9. The van der Waals surface area contributed by atoms with Crippen LogP contribution in [0.25, 0.3) is 0 Å². The second kappa shape index (κ2) is 9.17. The molecular formula is C17H24BrN3O4. The van der Waals surface area contributed by atoms with Gasteiger partial charge in [0, 0.05) is 37.2 Å². The van der Waals surface area contributed by atoms with Crippen molar-refractivity contribution in [3.05, 3.63) is 28.7 Å². The Hall–Kier alpha value is -1.64. The summed E-state index contributed by atoms with van der Waals surface area (Å²) in [5.74, 6) is 0.856. The van der Waals surface area contributed by atoms with Crippen LogP contribution in [0.3, 0.4) is 0 Å². The fourth-order valence-corrected chi connectivity index (χ4v) is 3.11. The van der Waals surface area contributed by atoms with Crippen LogP contribution >= 0.6 is 15.9 Å². The van der Waals surface area contributed by atoms with Gasteiger partial charge in [0.25, 0.3) is 0 Å². The lowest BCUT2D eigenvalue weighted by Crippen LogP contribution is -2.64. The van der Waals surface area contributed by atoms with E-state index in [1.54, 1.807) is 6.92 Å². The topological polar surface area (TPSA) is 82.1 Å². The monoisotopic (exact) mass is 413 g/mol. The van der Waals surface area contributed by atoms with Gasteiger partial charge in [-0.3, -0.25) is 15.0 Å². The molecule has 1 aromatic carbocycles.